The van der Waals surface area contributed by atoms with Crippen LogP contribution in [-0.2, 0) is 11.3 Å². The zero-order valence-corrected chi connectivity index (χ0v) is 13.6. The van der Waals surface area contributed by atoms with Gasteiger partial charge in [-0.25, -0.2) is 0 Å². The van der Waals surface area contributed by atoms with Crippen molar-refractivity contribution in [3.8, 4) is 5.75 Å². The van der Waals surface area contributed by atoms with Gasteiger partial charge in [-0.1, -0.05) is 12.1 Å². The van der Waals surface area contributed by atoms with Crippen LogP contribution >= 0.6 is 0 Å². The summed E-state index contributed by atoms with van der Waals surface area (Å²) in [6, 6.07) is 5.77. The number of carbonyl (C=O) groups excluding carboxylic acids is 1. The molecule has 0 aromatic heterocycles. The third-order valence-corrected chi connectivity index (χ3v) is 3.79. The van der Waals surface area contributed by atoms with Crippen LogP contribution in [0.2, 0.25) is 0 Å². The van der Waals surface area contributed by atoms with Crippen LogP contribution in [-0.4, -0.2) is 61.8 Å². The molecule has 1 saturated heterocycles. The number of alkyl halides is 3. The normalized spacial score (nSPS) is 15.6. The van der Waals surface area contributed by atoms with Crippen molar-refractivity contribution >= 4 is 5.91 Å². The van der Waals surface area contributed by atoms with Gasteiger partial charge in [-0.3, -0.25) is 4.79 Å². The highest BCUT2D eigenvalue weighted by Crippen LogP contribution is 2.23. The van der Waals surface area contributed by atoms with Crippen molar-refractivity contribution in [3.05, 3.63) is 29.8 Å². The predicted octanol–water partition coefficient (Wildman–Crippen LogP) is 1.84. The summed E-state index contributed by atoms with van der Waals surface area (Å²) in [4.78, 5) is 15.9. The molecule has 1 aliphatic rings. The van der Waals surface area contributed by atoms with Crippen LogP contribution in [0.25, 0.3) is 0 Å². The van der Waals surface area contributed by atoms with E-state index in [9.17, 15) is 18.0 Å². The molecule has 2 rings (SSSR count). The Balaban J connectivity index is 1.75. The lowest BCUT2D eigenvalue weighted by atomic mass is 10.2. The summed E-state index contributed by atoms with van der Waals surface area (Å²) in [5.74, 6) is -0.0972. The van der Waals surface area contributed by atoms with Crippen molar-refractivity contribution in [2.24, 2.45) is 0 Å². The minimum Gasteiger partial charge on any atom is -0.406 e. The maximum Gasteiger partial charge on any atom is 0.573 e. The lowest BCUT2D eigenvalue weighted by molar-refractivity contribution is -0.274. The van der Waals surface area contributed by atoms with E-state index >= 15 is 0 Å². The summed E-state index contributed by atoms with van der Waals surface area (Å²) in [6.07, 6.45) is -4.24. The summed E-state index contributed by atoms with van der Waals surface area (Å²) in [5, 5.41) is 3.20. The lowest BCUT2D eigenvalue weighted by Crippen LogP contribution is -2.47. The maximum atomic E-state index is 12.1. The van der Waals surface area contributed by atoms with Gasteiger partial charge >= 0.3 is 6.36 Å². The standard InChI is InChI=1S/C16H22F3N3O2/c1-21(9-6-15(23)22-10-7-20-8-11-22)12-13-2-4-14(5-3-13)24-16(17,18)19/h2-5,20H,6-12H2,1H3. The van der Waals surface area contributed by atoms with Crippen molar-refractivity contribution in [1.82, 2.24) is 15.1 Å². The van der Waals surface area contributed by atoms with E-state index < -0.39 is 6.36 Å². The highest BCUT2D eigenvalue weighted by Gasteiger charge is 2.30. The summed E-state index contributed by atoms with van der Waals surface area (Å²) < 4.78 is 40.2. The molecule has 134 valence electrons. The Labute approximate surface area is 139 Å². The van der Waals surface area contributed by atoms with E-state index in [4.69, 9.17) is 0 Å². The molecule has 1 N–H and O–H groups in total. The number of rotatable bonds is 6. The highest BCUT2D eigenvalue weighted by molar-refractivity contribution is 5.76. The van der Waals surface area contributed by atoms with Gasteiger partial charge < -0.3 is 19.9 Å². The van der Waals surface area contributed by atoms with Gasteiger partial charge in [-0.2, -0.15) is 0 Å². The zero-order valence-electron chi connectivity index (χ0n) is 13.6. The molecule has 0 atom stereocenters. The Bertz CT molecular complexity index is 528. The smallest absolute Gasteiger partial charge is 0.406 e. The van der Waals surface area contributed by atoms with Crippen molar-refractivity contribution in [2.45, 2.75) is 19.3 Å². The average molecular weight is 345 g/mol. The first kappa shape index (κ1) is 18.5. The van der Waals surface area contributed by atoms with Crippen LogP contribution in [0.5, 0.6) is 5.75 Å². The van der Waals surface area contributed by atoms with Crippen LogP contribution in [0.4, 0.5) is 13.2 Å². The molecule has 1 aromatic carbocycles. The summed E-state index contributed by atoms with van der Waals surface area (Å²) in [6.45, 7) is 4.29. The number of benzene rings is 1. The molecule has 1 amide bonds. The second kappa shape index (κ2) is 8.34. The molecule has 24 heavy (non-hydrogen) atoms. The topological polar surface area (TPSA) is 44.8 Å². The summed E-state index contributed by atoms with van der Waals surface area (Å²) >= 11 is 0. The molecule has 5 nitrogen and oxygen atoms in total. The molecule has 1 aliphatic heterocycles. The van der Waals surface area contributed by atoms with Gasteiger partial charge in [0.25, 0.3) is 0 Å². The number of carbonyl (C=O) groups is 1. The fourth-order valence-electron chi connectivity index (χ4n) is 2.55. The second-order valence-electron chi connectivity index (χ2n) is 5.81. The van der Waals surface area contributed by atoms with Crippen molar-refractivity contribution in [1.29, 1.82) is 0 Å². The first-order valence-electron chi connectivity index (χ1n) is 7.85. The molecule has 1 aromatic rings. The Morgan fingerprint density at radius 2 is 1.88 bits per heavy atom. The molecule has 1 fully saturated rings. The number of hydrogen-bond donors (Lipinski definition) is 1. The molecular weight excluding hydrogens is 323 g/mol. The molecule has 1 heterocycles. The zero-order chi connectivity index (χ0) is 17.6. The van der Waals surface area contributed by atoms with Crippen molar-refractivity contribution in [2.75, 3.05) is 39.8 Å². The Hall–Kier alpha value is -1.80. The first-order valence-corrected chi connectivity index (χ1v) is 7.85. The van der Waals surface area contributed by atoms with Crippen LogP contribution in [0.1, 0.15) is 12.0 Å². The van der Waals surface area contributed by atoms with Gasteiger partial charge in [0.1, 0.15) is 5.75 Å². The molecule has 0 unspecified atom stereocenters. The maximum absolute atomic E-state index is 12.1. The molecule has 0 bridgehead atoms. The molecule has 0 spiro atoms. The molecule has 0 radical (unpaired) electrons. The number of nitrogens with zero attached hydrogens (tertiary/aromatic N) is 2. The lowest BCUT2D eigenvalue weighted by Gasteiger charge is -2.28. The second-order valence-corrected chi connectivity index (χ2v) is 5.81. The minimum absolute atomic E-state index is 0.136. The van der Waals surface area contributed by atoms with E-state index in [1.807, 2.05) is 16.8 Å². The van der Waals surface area contributed by atoms with Crippen molar-refractivity contribution in [3.63, 3.8) is 0 Å². The van der Waals surface area contributed by atoms with Gasteiger partial charge in [-0.05, 0) is 24.7 Å². The van der Waals surface area contributed by atoms with Crippen LogP contribution in [0, 0.1) is 0 Å². The van der Waals surface area contributed by atoms with Crippen molar-refractivity contribution < 1.29 is 22.7 Å². The fourth-order valence-corrected chi connectivity index (χ4v) is 2.55. The molecule has 0 aliphatic carbocycles. The Morgan fingerprint density at radius 3 is 2.46 bits per heavy atom. The monoisotopic (exact) mass is 345 g/mol. The van der Waals surface area contributed by atoms with Gasteiger partial charge in [0.05, 0.1) is 0 Å². The fraction of sp³-hybridized carbons (Fsp3) is 0.562. The number of amides is 1. The van der Waals surface area contributed by atoms with Gasteiger partial charge in [0.15, 0.2) is 0 Å². The largest absolute Gasteiger partial charge is 0.573 e. The summed E-state index contributed by atoms with van der Waals surface area (Å²) in [5.41, 5.74) is 0.863. The van der Waals surface area contributed by atoms with E-state index in [2.05, 4.69) is 10.1 Å². The summed E-state index contributed by atoms with van der Waals surface area (Å²) in [7, 11) is 1.88. The minimum atomic E-state index is -4.68. The van der Waals surface area contributed by atoms with Crippen LogP contribution < -0.4 is 10.1 Å². The predicted molar refractivity (Wildman–Crippen MR) is 83.5 cm³/mol. The van der Waals surface area contributed by atoms with E-state index in [1.54, 1.807) is 12.1 Å². The Morgan fingerprint density at radius 1 is 1.25 bits per heavy atom. The van der Waals surface area contributed by atoms with E-state index in [-0.39, 0.29) is 11.7 Å². The van der Waals surface area contributed by atoms with Gasteiger partial charge in [0, 0.05) is 45.7 Å². The average Bonchev–Trinajstić information content (AvgIpc) is 2.54. The van der Waals surface area contributed by atoms with Crippen LogP contribution in [0.3, 0.4) is 0 Å². The number of ether oxygens (including phenoxy) is 1. The number of hydrogen-bond acceptors (Lipinski definition) is 4. The molecular formula is C16H22F3N3O2. The number of halogens is 3. The third kappa shape index (κ3) is 6.37. The SMILES string of the molecule is CN(CCC(=O)N1CCNCC1)Cc1ccc(OC(F)(F)F)cc1. The Kier molecular flexibility index (Phi) is 6.44. The number of nitrogens with one attached hydrogen (secondary N) is 1. The van der Waals surface area contributed by atoms with Crippen LogP contribution in [0.15, 0.2) is 24.3 Å². The van der Waals surface area contributed by atoms with E-state index in [0.717, 1.165) is 31.7 Å². The highest BCUT2D eigenvalue weighted by atomic mass is 19.4. The van der Waals surface area contributed by atoms with Gasteiger partial charge in [-0.15, -0.1) is 13.2 Å². The third-order valence-electron chi connectivity index (χ3n) is 3.79. The number of piperazine rings is 1. The molecule has 8 heteroatoms. The van der Waals surface area contributed by atoms with E-state index in [0.29, 0.717) is 19.5 Å². The van der Waals surface area contributed by atoms with Gasteiger partial charge in [0.2, 0.25) is 5.91 Å². The quantitative estimate of drug-likeness (QED) is 0.855. The van der Waals surface area contributed by atoms with E-state index in [1.165, 1.54) is 12.1 Å². The first-order chi connectivity index (χ1) is 11.3. The molecule has 0 saturated carbocycles.